The Morgan fingerprint density at radius 1 is 1.10 bits per heavy atom. The Morgan fingerprint density at radius 2 is 2.00 bits per heavy atom. The maximum atomic E-state index is 9.58. The average Bonchev–Trinajstić information content (AvgIpc) is 2.84. The SMILES string of the molecule is COc1ccc2c(c1)CCc1c-2oc2cc(O)ccc12. The van der Waals surface area contributed by atoms with Gasteiger partial charge in [0, 0.05) is 22.6 Å². The van der Waals surface area contributed by atoms with Gasteiger partial charge in [-0.15, -0.1) is 0 Å². The van der Waals surface area contributed by atoms with Gasteiger partial charge in [-0.1, -0.05) is 0 Å². The molecule has 3 nitrogen and oxygen atoms in total. The number of methoxy groups -OCH3 is 1. The molecule has 1 N–H and O–H groups in total. The lowest BCUT2D eigenvalue weighted by atomic mass is 9.89. The van der Waals surface area contributed by atoms with Crippen LogP contribution in [0.4, 0.5) is 0 Å². The van der Waals surface area contributed by atoms with Gasteiger partial charge in [0.1, 0.15) is 22.8 Å². The molecule has 0 radical (unpaired) electrons. The summed E-state index contributed by atoms with van der Waals surface area (Å²) in [5.74, 6) is 2.04. The zero-order valence-electron chi connectivity index (χ0n) is 11.1. The molecule has 1 aromatic heterocycles. The normalized spacial score (nSPS) is 13.1. The summed E-state index contributed by atoms with van der Waals surface area (Å²) in [7, 11) is 1.68. The van der Waals surface area contributed by atoms with Crippen molar-refractivity contribution in [3.63, 3.8) is 0 Å². The summed E-state index contributed by atoms with van der Waals surface area (Å²) in [6.07, 6.45) is 1.93. The van der Waals surface area contributed by atoms with Crippen LogP contribution in [0.3, 0.4) is 0 Å². The van der Waals surface area contributed by atoms with E-state index in [1.54, 1.807) is 19.2 Å². The maximum Gasteiger partial charge on any atom is 0.138 e. The summed E-state index contributed by atoms with van der Waals surface area (Å²) < 4.78 is 11.2. The lowest BCUT2D eigenvalue weighted by Gasteiger charge is -2.16. The molecule has 3 heteroatoms. The minimum atomic E-state index is 0.235. The highest BCUT2D eigenvalue weighted by molar-refractivity contribution is 5.90. The average molecular weight is 266 g/mol. The van der Waals surface area contributed by atoms with Gasteiger partial charge in [0.2, 0.25) is 0 Å². The second-order valence-corrected chi connectivity index (χ2v) is 5.11. The Kier molecular flexibility index (Phi) is 2.30. The highest BCUT2D eigenvalue weighted by Gasteiger charge is 2.23. The minimum absolute atomic E-state index is 0.235. The van der Waals surface area contributed by atoms with Gasteiger partial charge in [0.15, 0.2) is 0 Å². The minimum Gasteiger partial charge on any atom is -0.508 e. The van der Waals surface area contributed by atoms with Crippen LogP contribution in [0, 0.1) is 0 Å². The van der Waals surface area contributed by atoms with Crippen LogP contribution < -0.4 is 4.74 Å². The number of aryl methyl sites for hydroxylation is 2. The van der Waals surface area contributed by atoms with Crippen molar-refractivity contribution in [2.45, 2.75) is 12.8 Å². The van der Waals surface area contributed by atoms with E-state index in [1.807, 2.05) is 18.2 Å². The summed E-state index contributed by atoms with van der Waals surface area (Å²) in [6.45, 7) is 0. The van der Waals surface area contributed by atoms with Crippen LogP contribution in [0.15, 0.2) is 40.8 Å². The quantitative estimate of drug-likeness (QED) is 0.726. The van der Waals surface area contributed by atoms with E-state index in [1.165, 1.54) is 11.1 Å². The molecule has 4 rings (SSSR count). The molecule has 0 amide bonds. The molecule has 1 aliphatic rings. The Hall–Kier alpha value is -2.42. The van der Waals surface area contributed by atoms with Crippen molar-refractivity contribution in [3.05, 3.63) is 47.5 Å². The highest BCUT2D eigenvalue weighted by Crippen LogP contribution is 2.41. The number of hydrogen-bond acceptors (Lipinski definition) is 3. The first-order valence-electron chi connectivity index (χ1n) is 6.68. The molecule has 0 bridgehead atoms. The van der Waals surface area contributed by atoms with Crippen LogP contribution in [0.5, 0.6) is 11.5 Å². The molecular weight excluding hydrogens is 252 g/mol. The molecule has 100 valence electrons. The monoisotopic (exact) mass is 266 g/mol. The van der Waals surface area contributed by atoms with Crippen molar-refractivity contribution in [2.24, 2.45) is 0 Å². The molecule has 3 aromatic rings. The molecule has 0 saturated heterocycles. The largest absolute Gasteiger partial charge is 0.508 e. The van der Waals surface area contributed by atoms with E-state index in [4.69, 9.17) is 9.15 Å². The lowest BCUT2D eigenvalue weighted by molar-refractivity contribution is 0.414. The topological polar surface area (TPSA) is 42.6 Å². The van der Waals surface area contributed by atoms with Crippen LogP contribution in [0.2, 0.25) is 0 Å². The molecule has 0 saturated carbocycles. The third kappa shape index (κ3) is 1.53. The van der Waals surface area contributed by atoms with Gasteiger partial charge in [-0.25, -0.2) is 0 Å². The fourth-order valence-electron chi connectivity index (χ4n) is 2.99. The predicted molar refractivity (Wildman–Crippen MR) is 77.3 cm³/mol. The summed E-state index contributed by atoms with van der Waals surface area (Å²) in [5.41, 5.74) is 4.36. The van der Waals surface area contributed by atoms with E-state index in [2.05, 4.69) is 6.07 Å². The van der Waals surface area contributed by atoms with Crippen LogP contribution in [0.25, 0.3) is 22.3 Å². The molecule has 2 aromatic carbocycles. The number of furan rings is 1. The summed E-state index contributed by atoms with van der Waals surface area (Å²) in [4.78, 5) is 0. The molecule has 20 heavy (non-hydrogen) atoms. The van der Waals surface area contributed by atoms with Gasteiger partial charge < -0.3 is 14.3 Å². The number of hydrogen-bond donors (Lipinski definition) is 1. The first kappa shape index (κ1) is 11.4. The van der Waals surface area contributed by atoms with Crippen LogP contribution in [-0.2, 0) is 12.8 Å². The Bertz CT molecular complexity index is 814. The molecule has 0 atom stereocenters. The molecular formula is C17H14O3. The second-order valence-electron chi connectivity index (χ2n) is 5.11. The zero-order valence-corrected chi connectivity index (χ0v) is 11.1. The summed E-state index contributed by atoms with van der Waals surface area (Å²) >= 11 is 0. The Labute approximate surface area is 116 Å². The molecule has 0 fully saturated rings. The van der Waals surface area contributed by atoms with Crippen molar-refractivity contribution >= 4 is 11.0 Å². The van der Waals surface area contributed by atoms with Crippen LogP contribution in [0.1, 0.15) is 11.1 Å². The summed E-state index contributed by atoms with van der Waals surface area (Å²) in [5, 5.41) is 10.7. The number of phenols is 1. The third-order valence-corrected chi connectivity index (χ3v) is 3.98. The van der Waals surface area contributed by atoms with E-state index in [-0.39, 0.29) is 5.75 Å². The standard InChI is InChI=1S/C17H14O3/c1-19-12-4-7-13-10(8-12)2-5-15-14-6-3-11(18)9-16(14)20-17(13)15/h3-4,6-9,18H,2,5H2,1H3. The number of rotatable bonds is 1. The number of aromatic hydroxyl groups is 1. The molecule has 0 spiro atoms. The zero-order chi connectivity index (χ0) is 13.7. The Balaban J connectivity index is 1.98. The van der Waals surface area contributed by atoms with Gasteiger partial charge in [-0.2, -0.15) is 0 Å². The predicted octanol–water partition coefficient (Wildman–Crippen LogP) is 3.91. The van der Waals surface area contributed by atoms with Crippen LogP contribution >= 0.6 is 0 Å². The molecule has 0 unspecified atom stereocenters. The van der Waals surface area contributed by atoms with Crippen LogP contribution in [-0.4, -0.2) is 12.2 Å². The number of benzene rings is 2. The smallest absolute Gasteiger partial charge is 0.138 e. The van der Waals surface area contributed by atoms with Crippen molar-refractivity contribution in [1.82, 2.24) is 0 Å². The Morgan fingerprint density at radius 3 is 2.85 bits per heavy atom. The number of fused-ring (bicyclic) bond motifs is 5. The van der Waals surface area contributed by atoms with E-state index in [9.17, 15) is 5.11 Å². The van der Waals surface area contributed by atoms with E-state index >= 15 is 0 Å². The second kappa shape index (κ2) is 4.04. The lowest BCUT2D eigenvalue weighted by Crippen LogP contribution is -2.02. The van der Waals surface area contributed by atoms with E-state index < -0.39 is 0 Å². The summed E-state index contributed by atoms with van der Waals surface area (Å²) in [6, 6.07) is 11.4. The molecule has 1 aliphatic carbocycles. The van der Waals surface area contributed by atoms with Crippen molar-refractivity contribution in [3.8, 4) is 22.8 Å². The van der Waals surface area contributed by atoms with Gasteiger partial charge in [-0.3, -0.25) is 0 Å². The van der Waals surface area contributed by atoms with Crippen molar-refractivity contribution in [1.29, 1.82) is 0 Å². The van der Waals surface area contributed by atoms with E-state index in [0.29, 0.717) is 0 Å². The fraction of sp³-hybridized carbons (Fsp3) is 0.176. The van der Waals surface area contributed by atoms with Gasteiger partial charge in [0.05, 0.1) is 7.11 Å². The van der Waals surface area contributed by atoms with Gasteiger partial charge in [-0.05, 0) is 48.7 Å². The molecule has 0 aliphatic heterocycles. The van der Waals surface area contributed by atoms with E-state index in [0.717, 1.165) is 40.9 Å². The number of phenolic OH excluding ortho intramolecular Hbond substituents is 1. The van der Waals surface area contributed by atoms with Crippen molar-refractivity contribution < 1.29 is 14.3 Å². The fourth-order valence-corrected chi connectivity index (χ4v) is 2.99. The highest BCUT2D eigenvalue weighted by atomic mass is 16.5. The first-order chi connectivity index (χ1) is 9.76. The first-order valence-corrected chi connectivity index (χ1v) is 6.68. The number of ether oxygens (including phenoxy) is 1. The van der Waals surface area contributed by atoms with Gasteiger partial charge >= 0.3 is 0 Å². The third-order valence-electron chi connectivity index (χ3n) is 3.98. The molecule has 1 heterocycles. The van der Waals surface area contributed by atoms with Gasteiger partial charge in [0.25, 0.3) is 0 Å². The van der Waals surface area contributed by atoms with Crippen molar-refractivity contribution in [2.75, 3.05) is 7.11 Å². The maximum absolute atomic E-state index is 9.58.